The average Bonchev–Trinajstić information content (AvgIpc) is 2.96. The number of amides is 1. The van der Waals surface area contributed by atoms with Crippen LogP contribution in [0.3, 0.4) is 0 Å². The highest BCUT2D eigenvalue weighted by atomic mass is 32.1. The average molecular weight is 265 g/mol. The zero-order chi connectivity index (χ0) is 11.8. The Kier molecular flexibility index (Phi) is 2.60. The van der Waals surface area contributed by atoms with Crippen molar-refractivity contribution in [2.24, 2.45) is 0 Å². The number of thiazole rings is 1. The lowest BCUT2D eigenvalue weighted by atomic mass is 9.98. The van der Waals surface area contributed by atoms with E-state index in [-0.39, 0.29) is 11.8 Å². The Morgan fingerprint density at radius 1 is 1.59 bits per heavy atom. The summed E-state index contributed by atoms with van der Waals surface area (Å²) in [6, 6.07) is 4.10. The van der Waals surface area contributed by atoms with Crippen LogP contribution in [-0.2, 0) is 4.79 Å². The molecule has 0 fully saturated rings. The minimum atomic E-state index is 0.0452. The molecule has 0 aromatic carbocycles. The molecule has 0 saturated heterocycles. The van der Waals surface area contributed by atoms with Gasteiger partial charge in [0.15, 0.2) is 5.13 Å². The molecule has 88 valence electrons. The SMILES string of the molecule is CNc1nc2c(s1)C(c1cccs1)CC(=O)N2. The Hall–Kier alpha value is -1.40. The molecule has 2 N–H and O–H groups in total. The topological polar surface area (TPSA) is 54.0 Å². The molecule has 2 aromatic rings. The smallest absolute Gasteiger partial charge is 0.226 e. The van der Waals surface area contributed by atoms with E-state index in [0.29, 0.717) is 12.2 Å². The first-order valence-electron chi connectivity index (χ1n) is 5.29. The molecular weight excluding hydrogens is 254 g/mol. The third-order valence-corrected chi connectivity index (χ3v) is 4.89. The van der Waals surface area contributed by atoms with Crippen LogP contribution < -0.4 is 10.6 Å². The fraction of sp³-hybridized carbons (Fsp3) is 0.273. The van der Waals surface area contributed by atoms with E-state index in [0.717, 1.165) is 10.0 Å². The maximum atomic E-state index is 11.7. The Morgan fingerprint density at radius 3 is 3.18 bits per heavy atom. The van der Waals surface area contributed by atoms with Crippen LogP contribution in [0, 0.1) is 0 Å². The molecule has 0 aliphatic carbocycles. The van der Waals surface area contributed by atoms with Gasteiger partial charge in [0.05, 0.1) is 4.88 Å². The maximum Gasteiger partial charge on any atom is 0.226 e. The predicted octanol–water partition coefficient (Wildman–Crippen LogP) is 2.72. The number of carbonyl (C=O) groups excluding carboxylic acids is 1. The molecular formula is C11H11N3OS2. The van der Waals surface area contributed by atoms with Crippen LogP contribution in [0.15, 0.2) is 17.5 Å². The molecule has 0 radical (unpaired) electrons. The van der Waals surface area contributed by atoms with Gasteiger partial charge in [-0.25, -0.2) is 4.98 Å². The number of carbonyl (C=O) groups is 1. The van der Waals surface area contributed by atoms with Crippen molar-refractivity contribution in [3.8, 4) is 0 Å². The number of hydrogen-bond acceptors (Lipinski definition) is 5. The van der Waals surface area contributed by atoms with Gasteiger partial charge in [0.2, 0.25) is 5.91 Å². The first-order chi connectivity index (χ1) is 8.28. The van der Waals surface area contributed by atoms with E-state index in [9.17, 15) is 4.79 Å². The molecule has 3 heterocycles. The monoisotopic (exact) mass is 265 g/mol. The number of nitrogens with one attached hydrogen (secondary N) is 2. The lowest BCUT2D eigenvalue weighted by Crippen LogP contribution is -2.22. The highest BCUT2D eigenvalue weighted by Crippen LogP contribution is 2.43. The summed E-state index contributed by atoms with van der Waals surface area (Å²) in [7, 11) is 1.84. The van der Waals surface area contributed by atoms with Crippen LogP contribution in [0.4, 0.5) is 10.9 Å². The summed E-state index contributed by atoms with van der Waals surface area (Å²) in [6.07, 6.45) is 0.513. The fourth-order valence-corrected chi connectivity index (χ4v) is 3.85. The van der Waals surface area contributed by atoms with Gasteiger partial charge in [0.25, 0.3) is 0 Å². The van der Waals surface area contributed by atoms with E-state index in [2.05, 4.69) is 21.7 Å². The summed E-state index contributed by atoms with van der Waals surface area (Å²) in [5, 5.41) is 8.75. The standard InChI is InChI=1S/C11H11N3OS2/c1-12-11-14-10-9(17-11)6(5-8(15)13-10)7-3-2-4-16-7/h2-4,6H,5H2,1H3,(H,12,14)(H,13,15). The van der Waals surface area contributed by atoms with Gasteiger partial charge in [0, 0.05) is 24.3 Å². The van der Waals surface area contributed by atoms with Crippen LogP contribution in [0.2, 0.25) is 0 Å². The molecule has 0 spiro atoms. The third kappa shape index (κ3) is 1.83. The maximum absolute atomic E-state index is 11.7. The van der Waals surface area contributed by atoms with Crippen molar-refractivity contribution in [2.45, 2.75) is 12.3 Å². The quantitative estimate of drug-likeness (QED) is 0.878. The minimum Gasteiger partial charge on any atom is -0.365 e. The van der Waals surface area contributed by atoms with Crippen molar-refractivity contribution in [1.29, 1.82) is 0 Å². The van der Waals surface area contributed by atoms with Gasteiger partial charge >= 0.3 is 0 Å². The summed E-state index contributed by atoms with van der Waals surface area (Å²) in [5.74, 6) is 0.927. The molecule has 1 aliphatic heterocycles. The van der Waals surface area contributed by atoms with E-state index in [1.165, 1.54) is 4.88 Å². The molecule has 2 aromatic heterocycles. The first kappa shape index (κ1) is 10.7. The Labute approximate surface area is 107 Å². The second-order valence-corrected chi connectivity index (χ2v) is 5.81. The molecule has 1 amide bonds. The Balaban J connectivity index is 2.07. The molecule has 0 bridgehead atoms. The van der Waals surface area contributed by atoms with Gasteiger partial charge in [-0.1, -0.05) is 17.4 Å². The van der Waals surface area contributed by atoms with Crippen LogP contribution in [0.5, 0.6) is 0 Å². The summed E-state index contributed by atoms with van der Waals surface area (Å²) in [5.41, 5.74) is 0. The molecule has 0 saturated carbocycles. The molecule has 1 atom stereocenters. The molecule has 6 heteroatoms. The fourth-order valence-electron chi connectivity index (χ4n) is 1.95. The Bertz CT molecular complexity index is 547. The minimum absolute atomic E-state index is 0.0452. The lowest BCUT2D eigenvalue weighted by molar-refractivity contribution is -0.116. The largest absolute Gasteiger partial charge is 0.365 e. The molecule has 1 unspecified atom stereocenters. The van der Waals surface area contributed by atoms with Crippen molar-refractivity contribution in [1.82, 2.24) is 4.98 Å². The van der Waals surface area contributed by atoms with E-state index < -0.39 is 0 Å². The zero-order valence-electron chi connectivity index (χ0n) is 9.19. The van der Waals surface area contributed by atoms with Crippen LogP contribution >= 0.6 is 22.7 Å². The molecule has 1 aliphatic rings. The number of fused-ring (bicyclic) bond motifs is 1. The van der Waals surface area contributed by atoms with Gasteiger partial charge in [-0.15, -0.1) is 11.3 Å². The van der Waals surface area contributed by atoms with E-state index in [4.69, 9.17) is 0 Å². The van der Waals surface area contributed by atoms with Crippen molar-refractivity contribution >= 4 is 39.5 Å². The van der Waals surface area contributed by atoms with Gasteiger partial charge in [-0.3, -0.25) is 4.79 Å². The summed E-state index contributed by atoms with van der Waals surface area (Å²) >= 11 is 3.30. The summed E-state index contributed by atoms with van der Waals surface area (Å²) < 4.78 is 0. The third-order valence-electron chi connectivity index (χ3n) is 2.72. The van der Waals surface area contributed by atoms with E-state index in [1.807, 2.05) is 18.5 Å². The van der Waals surface area contributed by atoms with Crippen molar-refractivity contribution < 1.29 is 4.79 Å². The first-order valence-corrected chi connectivity index (χ1v) is 6.99. The number of nitrogens with zero attached hydrogens (tertiary/aromatic N) is 1. The zero-order valence-corrected chi connectivity index (χ0v) is 10.8. The number of anilines is 2. The Morgan fingerprint density at radius 2 is 2.47 bits per heavy atom. The molecule has 4 nitrogen and oxygen atoms in total. The second kappa shape index (κ2) is 4.12. The highest BCUT2D eigenvalue weighted by Gasteiger charge is 2.30. The van der Waals surface area contributed by atoms with E-state index in [1.54, 1.807) is 22.7 Å². The van der Waals surface area contributed by atoms with Gasteiger partial charge in [-0.05, 0) is 11.4 Å². The molecule has 17 heavy (non-hydrogen) atoms. The van der Waals surface area contributed by atoms with Crippen molar-refractivity contribution in [3.63, 3.8) is 0 Å². The van der Waals surface area contributed by atoms with Gasteiger partial charge < -0.3 is 10.6 Å². The van der Waals surface area contributed by atoms with Gasteiger partial charge in [0.1, 0.15) is 5.82 Å². The number of thiophene rings is 1. The number of hydrogen-bond donors (Lipinski definition) is 2. The normalized spacial score (nSPS) is 18.6. The summed E-state index contributed by atoms with van der Waals surface area (Å²) in [4.78, 5) is 18.4. The lowest BCUT2D eigenvalue weighted by Gasteiger charge is -2.19. The van der Waals surface area contributed by atoms with Crippen LogP contribution in [0.1, 0.15) is 22.1 Å². The van der Waals surface area contributed by atoms with Crippen LogP contribution in [-0.4, -0.2) is 17.9 Å². The van der Waals surface area contributed by atoms with E-state index >= 15 is 0 Å². The van der Waals surface area contributed by atoms with Crippen molar-refractivity contribution in [3.05, 3.63) is 27.3 Å². The number of rotatable bonds is 2. The highest BCUT2D eigenvalue weighted by molar-refractivity contribution is 7.16. The predicted molar refractivity (Wildman–Crippen MR) is 71.1 cm³/mol. The summed E-state index contributed by atoms with van der Waals surface area (Å²) in [6.45, 7) is 0. The van der Waals surface area contributed by atoms with Crippen molar-refractivity contribution in [2.75, 3.05) is 17.7 Å². The second-order valence-electron chi connectivity index (χ2n) is 3.80. The molecule has 3 rings (SSSR count). The van der Waals surface area contributed by atoms with Gasteiger partial charge in [-0.2, -0.15) is 0 Å². The van der Waals surface area contributed by atoms with Crippen LogP contribution in [0.25, 0.3) is 0 Å². The number of aromatic nitrogens is 1.